The lowest BCUT2D eigenvalue weighted by Crippen LogP contribution is -2.35. The van der Waals surface area contributed by atoms with Gasteiger partial charge in [-0.1, -0.05) is 12.1 Å². The van der Waals surface area contributed by atoms with Crippen LogP contribution in [0.4, 0.5) is 0 Å². The van der Waals surface area contributed by atoms with Gasteiger partial charge in [-0.2, -0.15) is 0 Å². The number of esters is 1. The monoisotopic (exact) mass is 469 g/mol. The largest absolute Gasteiger partial charge is 0.507 e. The highest BCUT2D eigenvalue weighted by molar-refractivity contribution is 6.46. The molecule has 9 heteroatoms. The van der Waals surface area contributed by atoms with E-state index in [9.17, 15) is 19.5 Å². The smallest absolute Gasteiger partial charge is 0.354 e. The van der Waals surface area contributed by atoms with E-state index in [4.69, 9.17) is 9.47 Å². The summed E-state index contributed by atoms with van der Waals surface area (Å²) in [5.41, 5.74) is 2.06. The number of methoxy groups -OCH3 is 1. The predicted molar refractivity (Wildman–Crippen MR) is 127 cm³/mol. The van der Waals surface area contributed by atoms with Crippen molar-refractivity contribution in [2.75, 3.05) is 40.9 Å². The van der Waals surface area contributed by atoms with Crippen molar-refractivity contribution in [1.82, 2.24) is 14.8 Å². The number of carbonyl (C=O) groups is 3. The molecule has 182 valence electrons. The van der Waals surface area contributed by atoms with E-state index in [-0.39, 0.29) is 17.0 Å². The summed E-state index contributed by atoms with van der Waals surface area (Å²) >= 11 is 0. The third-order valence-corrected chi connectivity index (χ3v) is 5.90. The molecule has 1 aromatic heterocycles. The van der Waals surface area contributed by atoms with Crippen LogP contribution in [0.15, 0.2) is 29.8 Å². The summed E-state index contributed by atoms with van der Waals surface area (Å²) in [5, 5.41) is 11.4. The Hall–Kier alpha value is -3.59. The molecule has 1 atom stereocenters. The van der Waals surface area contributed by atoms with Crippen LogP contribution in [0.5, 0.6) is 5.75 Å². The molecule has 1 aromatic carbocycles. The average Bonchev–Trinajstić information content (AvgIpc) is 3.24. The number of carbonyl (C=O) groups excluding carboxylic acids is 3. The number of aromatic amines is 1. The SMILES string of the molecule is CCOc1ccc([C@@H]2/C(=C(/O)c3c(C)[nH]c(C(=O)OC)c3C)C(=O)C(=O)N2CCN(C)C)cc1. The molecule has 2 N–H and O–H groups in total. The normalized spacial score (nSPS) is 17.5. The van der Waals surface area contributed by atoms with Crippen molar-refractivity contribution in [1.29, 1.82) is 0 Å². The van der Waals surface area contributed by atoms with E-state index < -0.39 is 23.7 Å². The van der Waals surface area contributed by atoms with Gasteiger partial charge >= 0.3 is 5.97 Å². The molecule has 1 aliphatic rings. The van der Waals surface area contributed by atoms with Gasteiger partial charge in [-0.3, -0.25) is 9.59 Å². The summed E-state index contributed by atoms with van der Waals surface area (Å²) in [5.74, 6) is -1.70. The summed E-state index contributed by atoms with van der Waals surface area (Å²) in [6.07, 6.45) is 0. The first-order valence-corrected chi connectivity index (χ1v) is 11.1. The van der Waals surface area contributed by atoms with Crippen LogP contribution >= 0.6 is 0 Å². The van der Waals surface area contributed by atoms with E-state index in [0.29, 0.717) is 47.8 Å². The zero-order chi connectivity index (χ0) is 25.2. The molecule has 34 heavy (non-hydrogen) atoms. The summed E-state index contributed by atoms with van der Waals surface area (Å²) in [7, 11) is 5.02. The van der Waals surface area contributed by atoms with E-state index in [1.165, 1.54) is 12.0 Å². The Labute approximate surface area is 199 Å². The van der Waals surface area contributed by atoms with Crippen molar-refractivity contribution in [2.45, 2.75) is 26.8 Å². The van der Waals surface area contributed by atoms with Crippen molar-refractivity contribution in [2.24, 2.45) is 0 Å². The van der Waals surface area contributed by atoms with Gasteiger partial charge in [-0.25, -0.2) is 4.79 Å². The zero-order valence-electron chi connectivity index (χ0n) is 20.4. The minimum Gasteiger partial charge on any atom is -0.507 e. The summed E-state index contributed by atoms with van der Waals surface area (Å²) in [6.45, 7) is 6.56. The van der Waals surface area contributed by atoms with E-state index >= 15 is 0 Å². The van der Waals surface area contributed by atoms with Gasteiger partial charge in [0.1, 0.15) is 17.2 Å². The Morgan fingerprint density at radius 3 is 2.38 bits per heavy atom. The van der Waals surface area contributed by atoms with Crippen LogP contribution in [-0.2, 0) is 14.3 Å². The van der Waals surface area contributed by atoms with Crippen LogP contribution < -0.4 is 4.74 Å². The molecular weight excluding hydrogens is 438 g/mol. The fraction of sp³-hybridized carbons (Fsp3) is 0.400. The second-order valence-electron chi connectivity index (χ2n) is 8.41. The van der Waals surface area contributed by atoms with E-state index in [2.05, 4.69) is 4.98 Å². The number of likely N-dealkylation sites (N-methyl/N-ethyl adjacent to an activating group) is 1. The number of benzene rings is 1. The molecule has 1 fully saturated rings. The molecule has 0 unspecified atom stereocenters. The Kier molecular flexibility index (Phi) is 7.46. The maximum atomic E-state index is 13.2. The highest BCUT2D eigenvalue weighted by Gasteiger charge is 2.46. The van der Waals surface area contributed by atoms with Crippen LogP contribution in [0.3, 0.4) is 0 Å². The molecule has 0 radical (unpaired) electrons. The molecule has 1 aliphatic heterocycles. The van der Waals surface area contributed by atoms with Gasteiger partial charge < -0.3 is 29.4 Å². The number of ether oxygens (including phenoxy) is 2. The minimum absolute atomic E-state index is 0.0190. The number of hydrogen-bond acceptors (Lipinski definition) is 7. The lowest BCUT2D eigenvalue weighted by atomic mass is 9.94. The number of likely N-dealkylation sites (tertiary alicyclic amines) is 1. The van der Waals surface area contributed by atoms with Gasteiger partial charge in [0.05, 0.1) is 25.3 Å². The number of amides is 1. The molecule has 2 heterocycles. The first-order valence-electron chi connectivity index (χ1n) is 11.1. The van der Waals surface area contributed by atoms with Crippen molar-refractivity contribution >= 4 is 23.4 Å². The highest BCUT2D eigenvalue weighted by atomic mass is 16.5. The number of nitrogens with zero attached hydrogens (tertiary/aromatic N) is 2. The van der Waals surface area contributed by atoms with Crippen molar-refractivity contribution < 1.29 is 29.0 Å². The molecular formula is C25H31N3O6. The molecule has 0 aliphatic carbocycles. The van der Waals surface area contributed by atoms with Gasteiger partial charge in [-0.15, -0.1) is 0 Å². The van der Waals surface area contributed by atoms with Crippen LogP contribution in [-0.4, -0.2) is 78.5 Å². The lowest BCUT2D eigenvalue weighted by Gasteiger charge is -2.26. The van der Waals surface area contributed by atoms with E-state index in [1.54, 1.807) is 38.1 Å². The zero-order valence-corrected chi connectivity index (χ0v) is 20.4. The summed E-state index contributed by atoms with van der Waals surface area (Å²) < 4.78 is 10.3. The highest BCUT2D eigenvalue weighted by Crippen LogP contribution is 2.41. The fourth-order valence-corrected chi connectivity index (χ4v) is 4.22. The Morgan fingerprint density at radius 2 is 1.82 bits per heavy atom. The van der Waals surface area contributed by atoms with Crippen LogP contribution in [0.1, 0.15) is 45.8 Å². The maximum Gasteiger partial charge on any atom is 0.354 e. The molecule has 1 amide bonds. The van der Waals surface area contributed by atoms with Crippen LogP contribution in [0.2, 0.25) is 0 Å². The first-order chi connectivity index (χ1) is 16.1. The summed E-state index contributed by atoms with van der Waals surface area (Å²) in [4.78, 5) is 44.7. The molecule has 1 saturated heterocycles. The Bertz CT molecular complexity index is 1130. The standard InChI is InChI=1S/C25H31N3O6/c1-7-34-17-10-8-16(9-11-17)21-19(23(30)24(31)28(21)13-12-27(4)5)22(29)18-14(2)20(25(32)33-6)26-15(18)3/h8-11,21,26,29H,7,12-13H2,1-6H3/b22-19-/t21-/m1/s1. The Balaban J connectivity index is 2.19. The van der Waals surface area contributed by atoms with Crippen molar-refractivity contribution in [3.8, 4) is 5.75 Å². The van der Waals surface area contributed by atoms with Crippen molar-refractivity contribution in [3.63, 3.8) is 0 Å². The second-order valence-corrected chi connectivity index (χ2v) is 8.41. The maximum absolute atomic E-state index is 13.2. The molecule has 9 nitrogen and oxygen atoms in total. The molecule has 2 aromatic rings. The number of rotatable bonds is 8. The van der Waals surface area contributed by atoms with Gasteiger partial charge in [0.25, 0.3) is 11.7 Å². The Morgan fingerprint density at radius 1 is 1.18 bits per heavy atom. The van der Waals surface area contributed by atoms with Crippen molar-refractivity contribution in [3.05, 3.63) is 57.9 Å². The van der Waals surface area contributed by atoms with E-state index in [1.807, 2.05) is 25.9 Å². The predicted octanol–water partition coefficient (Wildman–Crippen LogP) is 2.80. The fourth-order valence-electron chi connectivity index (χ4n) is 4.22. The van der Waals surface area contributed by atoms with Crippen LogP contribution in [0, 0.1) is 13.8 Å². The molecule has 3 rings (SSSR count). The topological polar surface area (TPSA) is 112 Å². The van der Waals surface area contributed by atoms with Gasteiger partial charge in [0.15, 0.2) is 0 Å². The van der Waals surface area contributed by atoms with Gasteiger partial charge in [0, 0.05) is 24.3 Å². The molecule has 0 saturated carbocycles. The average molecular weight is 470 g/mol. The van der Waals surface area contributed by atoms with E-state index in [0.717, 1.165) is 0 Å². The van der Waals surface area contributed by atoms with Crippen LogP contribution in [0.25, 0.3) is 5.76 Å². The number of aryl methyl sites for hydroxylation is 1. The summed E-state index contributed by atoms with van der Waals surface area (Å²) in [6, 6.07) is 6.33. The molecule has 0 spiro atoms. The minimum atomic E-state index is -0.786. The lowest BCUT2D eigenvalue weighted by molar-refractivity contribution is -0.140. The number of H-pyrrole nitrogens is 1. The number of aliphatic hydroxyl groups excluding tert-OH is 1. The van der Waals surface area contributed by atoms with Gasteiger partial charge in [0.2, 0.25) is 0 Å². The third kappa shape index (κ3) is 4.56. The number of Topliss-reactive ketones (excluding diaryl/α,β-unsaturated/α-hetero) is 1. The second kappa shape index (κ2) is 10.1. The molecule has 0 bridgehead atoms. The number of hydrogen-bond donors (Lipinski definition) is 2. The number of aliphatic hydroxyl groups is 1. The van der Waals surface area contributed by atoms with Gasteiger partial charge in [-0.05, 0) is 58.1 Å². The first kappa shape index (κ1) is 25.0. The quantitative estimate of drug-likeness (QED) is 0.265. The number of aromatic nitrogens is 1. The third-order valence-electron chi connectivity index (χ3n) is 5.90. The number of ketones is 1. The number of nitrogens with one attached hydrogen (secondary N) is 1.